The first kappa shape index (κ1) is 14.0. The molecule has 0 heterocycles. The minimum absolute atomic E-state index is 0.234. The normalized spacial score (nSPS) is 13.1. The van der Waals surface area contributed by atoms with Gasteiger partial charge in [0.25, 0.3) is 0 Å². The Labute approximate surface area is 105 Å². The molecule has 0 aliphatic heterocycles. The molecule has 1 aromatic rings. The lowest BCUT2D eigenvalue weighted by atomic mass is 10.1. The second-order valence-electron chi connectivity index (χ2n) is 5.26. The van der Waals surface area contributed by atoms with Crippen molar-refractivity contribution < 1.29 is 4.74 Å². The minimum atomic E-state index is 0.234. The molecule has 1 aromatic carbocycles. The van der Waals surface area contributed by atoms with E-state index in [1.165, 1.54) is 5.56 Å². The van der Waals surface area contributed by atoms with E-state index in [4.69, 9.17) is 4.74 Å². The summed E-state index contributed by atoms with van der Waals surface area (Å²) in [6.07, 6.45) is 0.234. The van der Waals surface area contributed by atoms with Crippen LogP contribution in [0.3, 0.4) is 0 Å². The summed E-state index contributed by atoms with van der Waals surface area (Å²) >= 11 is 0. The van der Waals surface area contributed by atoms with Gasteiger partial charge in [-0.3, -0.25) is 0 Å². The summed E-state index contributed by atoms with van der Waals surface area (Å²) in [5, 5.41) is 3.52. The average molecular weight is 235 g/mol. The number of benzene rings is 1. The summed E-state index contributed by atoms with van der Waals surface area (Å²) in [6, 6.07) is 8.75. The fourth-order valence-electron chi connectivity index (χ4n) is 1.64. The Morgan fingerprint density at radius 3 is 2.06 bits per heavy atom. The predicted molar refractivity (Wildman–Crippen MR) is 73.5 cm³/mol. The van der Waals surface area contributed by atoms with Crippen LogP contribution in [0.25, 0.3) is 0 Å². The summed E-state index contributed by atoms with van der Waals surface area (Å²) in [7, 11) is 0. The first-order chi connectivity index (χ1) is 7.99. The lowest BCUT2D eigenvalue weighted by Crippen LogP contribution is -2.23. The zero-order valence-electron chi connectivity index (χ0n) is 11.7. The number of hydrogen-bond donors (Lipinski definition) is 1. The molecule has 0 saturated carbocycles. The fourth-order valence-corrected chi connectivity index (χ4v) is 1.64. The van der Waals surface area contributed by atoms with Crippen molar-refractivity contribution in [3.63, 3.8) is 0 Å². The average Bonchev–Trinajstić information content (AvgIpc) is 2.26. The zero-order valence-corrected chi connectivity index (χ0v) is 11.7. The van der Waals surface area contributed by atoms with E-state index < -0.39 is 0 Å². The van der Waals surface area contributed by atoms with Gasteiger partial charge in [-0.25, -0.2) is 0 Å². The molecule has 0 spiro atoms. The number of hydrogen-bond acceptors (Lipinski definition) is 2. The second kappa shape index (κ2) is 6.65. The summed E-state index contributed by atoms with van der Waals surface area (Å²) in [4.78, 5) is 0. The Bertz CT molecular complexity index is 316. The molecule has 0 aromatic heterocycles. The molecule has 0 aliphatic rings. The highest BCUT2D eigenvalue weighted by Crippen LogP contribution is 2.18. The molecule has 2 heteroatoms. The third kappa shape index (κ3) is 5.22. The second-order valence-corrected chi connectivity index (χ2v) is 5.26. The molecule has 0 bridgehead atoms. The van der Waals surface area contributed by atoms with Gasteiger partial charge in [0, 0.05) is 6.04 Å². The van der Waals surface area contributed by atoms with E-state index in [0.29, 0.717) is 12.0 Å². The number of nitrogens with one attached hydrogen (secondary N) is 1. The molecule has 17 heavy (non-hydrogen) atoms. The third-order valence-corrected chi connectivity index (χ3v) is 2.58. The molecule has 0 saturated heterocycles. The van der Waals surface area contributed by atoms with E-state index in [1.807, 2.05) is 26.0 Å². The summed E-state index contributed by atoms with van der Waals surface area (Å²) < 4.78 is 5.63. The first-order valence-corrected chi connectivity index (χ1v) is 6.49. The topological polar surface area (TPSA) is 21.3 Å². The van der Waals surface area contributed by atoms with Crippen LogP contribution in [0.4, 0.5) is 0 Å². The van der Waals surface area contributed by atoms with Crippen LogP contribution >= 0.6 is 0 Å². The first-order valence-electron chi connectivity index (χ1n) is 6.49. The van der Waals surface area contributed by atoms with Crippen molar-refractivity contribution in [2.24, 2.45) is 5.92 Å². The number of ether oxygens (including phenoxy) is 1. The number of rotatable bonds is 6. The van der Waals surface area contributed by atoms with Gasteiger partial charge < -0.3 is 10.1 Å². The summed E-state index contributed by atoms with van der Waals surface area (Å²) in [6.45, 7) is 11.8. The van der Waals surface area contributed by atoms with Gasteiger partial charge in [-0.1, -0.05) is 26.0 Å². The summed E-state index contributed by atoms with van der Waals surface area (Å²) in [5.74, 6) is 1.63. The fraction of sp³-hybridized carbons (Fsp3) is 0.600. The van der Waals surface area contributed by atoms with Crippen molar-refractivity contribution in [2.45, 2.75) is 46.8 Å². The van der Waals surface area contributed by atoms with E-state index in [9.17, 15) is 0 Å². The molecule has 1 rings (SSSR count). The minimum Gasteiger partial charge on any atom is -0.491 e. The van der Waals surface area contributed by atoms with Crippen LogP contribution in [0.2, 0.25) is 0 Å². The highest BCUT2D eigenvalue weighted by molar-refractivity contribution is 5.29. The molecule has 0 aliphatic carbocycles. The van der Waals surface area contributed by atoms with Crippen molar-refractivity contribution in [1.82, 2.24) is 5.32 Å². The van der Waals surface area contributed by atoms with Gasteiger partial charge in [0.2, 0.25) is 0 Å². The monoisotopic (exact) mass is 235 g/mol. The Morgan fingerprint density at radius 2 is 1.59 bits per heavy atom. The van der Waals surface area contributed by atoms with Gasteiger partial charge in [-0.2, -0.15) is 0 Å². The molecule has 2 nitrogen and oxygen atoms in total. The van der Waals surface area contributed by atoms with Crippen molar-refractivity contribution in [3.8, 4) is 5.75 Å². The van der Waals surface area contributed by atoms with E-state index in [1.54, 1.807) is 0 Å². The Kier molecular flexibility index (Phi) is 5.49. The predicted octanol–water partition coefficient (Wildman–Crippen LogP) is 3.78. The van der Waals surface area contributed by atoms with Crippen molar-refractivity contribution in [3.05, 3.63) is 29.8 Å². The van der Waals surface area contributed by atoms with Crippen molar-refractivity contribution >= 4 is 0 Å². The zero-order chi connectivity index (χ0) is 12.8. The molecule has 1 atom stereocenters. The third-order valence-electron chi connectivity index (χ3n) is 2.58. The summed E-state index contributed by atoms with van der Waals surface area (Å²) in [5.41, 5.74) is 1.31. The molecule has 0 fully saturated rings. The highest BCUT2D eigenvalue weighted by Gasteiger charge is 2.06. The van der Waals surface area contributed by atoms with Crippen molar-refractivity contribution in [2.75, 3.05) is 6.54 Å². The Morgan fingerprint density at radius 1 is 1.00 bits per heavy atom. The van der Waals surface area contributed by atoms with Crippen molar-refractivity contribution in [1.29, 1.82) is 0 Å². The van der Waals surface area contributed by atoms with Gasteiger partial charge >= 0.3 is 0 Å². The van der Waals surface area contributed by atoms with E-state index in [0.717, 1.165) is 12.3 Å². The standard InChI is InChI=1S/C15H25NO/c1-11(2)10-16-13(5)14-6-8-15(9-7-14)17-12(3)4/h6-9,11-13,16H,10H2,1-5H3/t13-/m1/s1. The molecular weight excluding hydrogens is 210 g/mol. The quantitative estimate of drug-likeness (QED) is 0.810. The van der Waals surface area contributed by atoms with Crippen LogP contribution in [-0.2, 0) is 0 Å². The van der Waals surface area contributed by atoms with Crippen LogP contribution in [0.5, 0.6) is 5.75 Å². The van der Waals surface area contributed by atoms with Crippen LogP contribution in [-0.4, -0.2) is 12.6 Å². The molecule has 0 unspecified atom stereocenters. The lowest BCUT2D eigenvalue weighted by Gasteiger charge is -2.17. The molecule has 0 radical (unpaired) electrons. The Balaban J connectivity index is 2.54. The maximum atomic E-state index is 5.63. The molecule has 0 amide bonds. The van der Waals surface area contributed by atoms with Gasteiger partial charge in [0.05, 0.1) is 6.10 Å². The molecule has 1 N–H and O–H groups in total. The van der Waals surface area contributed by atoms with Crippen LogP contribution in [0, 0.1) is 5.92 Å². The lowest BCUT2D eigenvalue weighted by molar-refractivity contribution is 0.242. The Hall–Kier alpha value is -1.02. The molecule has 96 valence electrons. The largest absolute Gasteiger partial charge is 0.491 e. The smallest absolute Gasteiger partial charge is 0.119 e. The van der Waals surface area contributed by atoms with Gasteiger partial charge in [0.15, 0.2) is 0 Å². The maximum absolute atomic E-state index is 5.63. The highest BCUT2D eigenvalue weighted by atomic mass is 16.5. The van der Waals surface area contributed by atoms with Crippen LogP contribution in [0.1, 0.15) is 46.2 Å². The van der Waals surface area contributed by atoms with Crippen LogP contribution < -0.4 is 10.1 Å². The van der Waals surface area contributed by atoms with Gasteiger partial charge in [0.1, 0.15) is 5.75 Å². The van der Waals surface area contributed by atoms with E-state index in [-0.39, 0.29) is 6.10 Å². The molecular formula is C15H25NO. The van der Waals surface area contributed by atoms with Gasteiger partial charge in [-0.15, -0.1) is 0 Å². The van der Waals surface area contributed by atoms with E-state index in [2.05, 4.69) is 38.2 Å². The van der Waals surface area contributed by atoms with E-state index >= 15 is 0 Å². The van der Waals surface area contributed by atoms with Crippen LogP contribution in [0.15, 0.2) is 24.3 Å². The SMILES string of the molecule is CC(C)CN[C@H](C)c1ccc(OC(C)C)cc1. The maximum Gasteiger partial charge on any atom is 0.119 e. The van der Waals surface area contributed by atoms with Gasteiger partial charge in [-0.05, 0) is 50.9 Å².